The molecule has 0 radical (unpaired) electrons. The maximum atomic E-state index is 5.93. The molecule has 0 saturated heterocycles. The normalized spacial score (nSPS) is 10.7. The van der Waals surface area contributed by atoms with Gasteiger partial charge in [-0.2, -0.15) is 0 Å². The Kier molecular flexibility index (Phi) is 4.93. The average molecular weight is 385 g/mol. The SMILES string of the molecule is CCCc1nc(Cc2cccc(Br)c2)nc(N)c1Br. The minimum Gasteiger partial charge on any atom is -0.383 e. The Morgan fingerprint density at radius 3 is 2.68 bits per heavy atom. The molecule has 3 nitrogen and oxygen atoms in total. The lowest BCUT2D eigenvalue weighted by Crippen LogP contribution is -2.06. The highest BCUT2D eigenvalue weighted by molar-refractivity contribution is 9.10. The lowest BCUT2D eigenvalue weighted by atomic mass is 10.1. The molecule has 0 aliphatic heterocycles. The highest BCUT2D eigenvalue weighted by atomic mass is 79.9. The van der Waals surface area contributed by atoms with E-state index >= 15 is 0 Å². The van der Waals surface area contributed by atoms with Crippen LogP contribution in [0.4, 0.5) is 5.82 Å². The fraction of sp³-hybridized carbons (Fsp3) is 0.286. The number of anilines is 1. The summed E-state index contributed by atoms with van der Waals surface area (Å²) in [5.74, 6) is 1.28. The van der Waals surface area contributed by atoms with Crippen LogP contribution in [0.5, 0.6) is 0 Å². The predicted octanol–water partition coefficient (Wildman–Crippen LogP) is 4.13. The van der Waals surface area contributed by atoms with E-state index in [4.69, 9.17) is 5.73 Å². The van der Waals surface area contributed by atoms with Crippen LogP contribution in [0.15, 0.2) is 33.2 Å². The topological polar surface area (TPSA) is 51.8 Å². The summed E-state index contributed by atoms with van der Waals surface area (Å²) >= 11 is 6.92. The maximum absolute atomic E-state index is 5.93. The van der Waals surface area contributed by atoms with Gasteiger partial charge in [0.2, 0.25) is 0 Å². The number of nitrogens with two attached hydrogens (primary N) is 1. The largest absolute Gasteiger partial charge is 0.383 e. The van der Waals surface area contributed by atoms with Gasteiger partial charge in [-0.1, -0.05) is 41.4 Å². The van der Waals surface area contributed by atoms with E-state index in [1.54, 1.807) is 0 Å². The van der Waals surface area contributed by atoms with Gasteiger partial charge in [-0.3, -0.25) is 0 Å². The first-order valence-corrected chi connectivity index (χ1v) is 7.74. The van der Waals surface area contributed by atoms with Gasteiger partial charge in [0.25, 0.3) is 0 Å². The monoisotopic (exact) mass is 383 g/mol. The summed E-state index contributed by atoms with van der Waals surface area (Å²) < 4.78 is 1.89. The van der Waals surface area contributed by atoms with Crippen LogP contribution in [-0.4, -0.2) is 9.97 Å². The molecule has 0 amide bonds. The van der Waals surface area contributed by atoms with Gasteiger partial charge in [0, 0.05) is 10.9 Å². The van der Waals surface area contributed by atoms with Gasteiger partial charge < -0.3 is 5.73 Å². The van der Waals surface area contributed by atoms with E-state index < -0.39 is 0 Å². The van der Waals surface area contributed by atoms with Crippen molar-refractivity contribution >= 4 is 37.7 Å². The number of aromatic nitrogens is 2. The third-order valence-electron chi connectivity index (χ3n) is 2.73. The second-order valence-corrected chi connectivity index (χ2v) is 6.05. The Bertz CT molecular complexity index is 585. The van der Waals surface area contributed by atoms with Crippen molar-refractivity contribution in [2.45, 2.75) is 26.2 Å². The number of nitrogen functional groups attached to an aromatic ring is 1. The van der Waals surface area contributed by atoms with Crippen LogP contribution in [-0.2, 0) is 12.8 Å². The molecule has 0 aliphatic rings. The molecule has 1 aromatic heterocycles. The van der Waals surface area contributed by atoms with Gasteiger partial charge in [0.05, 0.1) is 10.2 Å². The first-order valence-electron chi connectivity index (χ1n) is 6.15. The summed E-state index contributed by atoms with van der Waals surface area (Å²) in [6, 6.07) is 8.14. The Balaban J connectivity index is 2.30. The average Bonchev–Trinajstić information content (AvgIpc) is 2.35. The van der Waals surface area contributed by atoms with Crippen molar-refractivity contribution in [1.82, 2.24) is 9.97 Å². The minimum atomic E-state index is 0.517. The molecule has 0 unspecified atom stereocenters. The molecule has 0 aliphatic carbocycles. The summed E-state index contributed by atoms with van der Waals surface area (Å²) in [4.78, 5) is 8.94. The van der Waals surface area contributed by atoms with Gasteiger partial charge in [-0.15, -0.1) is 0 Å². The third kappa shape index (κ3) is 3.76. The van der Waals surface area contributed by atoms with Crippen molar-refractivity contribution < 1.29 is 0 Å². The Morgan fingerprint density at radius 2 is 2.00 bits per heavy atom. The zero-order valence-corrected chi connectivity index (χ0v) is 13.8. The molecular formula is C14H15Br2N3. The molecule has 1 aromatic carbocycles. The first kappa shape index (κ1) is 14.5. The fourth-order valence-electron chi connectivity index (χ4n) is 1.88. The summed E-state index contributed by atoms with van der Waals surface area (Å²) in [6.45, 7) is 2.12. The number of aryl methyl sites for hydroxylation is 1. The van der Waals surface area contributed by atoms with Crippen LogP contribution in [0.1, 0.15) is 30.4 Å². The second kappa shape index (κ2) is 6.48. The third-order valence-corrected chi connectivity index (χ3v) is 4.09. The van der Waals surface area contributed by atoms with Crippen LogP contribution < -0.4 is 5.73 Å². The molecule has 2 N–H and O–H groups in total. The number of halogens is 2. The van der Waals surface area contributed by atoms with E-state index in [1.807, 2.05) is 12.1 Å². The van der Waals surface area contributed by atoms with Crippen molar-refractivity contribution in [3.8, 4) is 0 Å². The van der Waals surface area contributed by atoms with Gasteiger partial charge in [0.15, 0.2) is 0 Å². The van der Waals surface area contributed by atoms with E-state index in [9.17, 15) is 0 Å². The summed E-state index contributed by atoms with van der Waals surface area (Å²) in [6.07, 6.45) is 2.62. The number of nitrogens with zero attached hydrogens (tertiary/aromatic N) is 2. The molecule has 100 valence electrons. The molecule has 5 heteroatoms. The van der Waals surface area contributed by atoms with E-state index in [0.717, 1.165) is 33.3 Å². The molecule has 0 atom stereocenters. The van der Waals surface area contributed by atoms with E-state index in [-0.39, 0.29) is 0 Å². The summed E-state index contributed by atoms with van der Waals surface area (Å²) in [5.41, 5.74) is 8.08. The molecule has 0 fully saturated rings. The van der Waals surface area contributed by atoms with Crippen LogP contribution >= 0.6 is 31.9 Å². The molecule has 2 rings (SSSR count). The highest BCUT2D eigenvalue weighted by Crippen LogP contribution is 2.23. The van der Waals surface area contributed by atoms with Gasteiger partial charge in [-0.05, 0) is 40.0 Å². The standard InChI is InChI=1S/C14H15Br2N3/c1-2-4-11-13(16)14(17)19-12(18-11)8-9-5-3-6-10(15)7-9/h3,5-7H,2,4,8H2,1H3,(H2,17,18,19). The predicted molar refractivity (Wildman–Crippen MR) is 85.1 cm³/mol. The zero-order chi connectivity index (χ0) is 13.8. The zero-order valence-electron chi connectivity index (χ0n) is 10.7. The Labute approximate surface area is 129 Å². The number of benzene rings is 1. The van der Waals surface area contributed by atoms with Crippen LogP contribution in [0.3, 0.4) is 0 Å². The summed E-state index contributed by atoms with van der Waals surface area (Å²) in [7, 11) is 0. The second-order valence-electron chi connectivity index (χ2n) is 4.34. The molecule has 2 aromatic rings. The van der Waals surface area contributed by atoms with Crippen molar-refractivity contribution in [3.63, 3.8) is 0 Å². The molecular weight excluding hydrogens is 370 g/mol. The van der Waals surface area contributed by atoms with E-state index in [2.05, 4.69) is 60.9 Å². The van der Waals surface area contributed by atoms with Crippen molar-refractivity contribution in [3.05, 3.63) is 50.3 Å². The lowest BCUT2D eigenvalue weighted by Gasteiger charge is -2.08. The molecule has 0 saturated carbocycles. The molecule has 0 spiro atoms. The van der Waals surface area contributed by atoms with Gasteiger partial charge in [-0.25, -0.2) is 9.97 Å². The lowest BCUT2D eigenvalue weighted by molar-refractivity contribution is 0.837. The smallest absolute Gasteiger partial charge is 0.141 e. The molecule has 19 heavy (non-hydrogen) atoms. The highest BCUT2D eigenvalue weighted by Gasteiger charge is 2.10. The Morgan fingerprint density at radius 1 is 1.21 bits per heavy atom. The molecule has 1 heterocycles. The minimum absolute atomic E-state index is 0.517. The van der Waals surface area contributed by atoms with Crippen LogP contribution in [0.2, 0.25) is 0 Å². The maximum Gasteiger partial charge on any atom is 0.141 e. The molecule has 0 bridgehead atoms. The van der Waals surface area contributed by atoms with Crippen molar-refractivity contribution in [2.75, 3.05) is 5.73 Å². The van der Waals surface area contributed by atoms with Crippen molar-refractivity contribution in [1.29, 1.82) is 0 Å². The Hall–Kier alpha value is -0.940. The quantitative estimate of drug-likeness (QED) is 0.862. The van der Waals surface area contributed by atoms with E-state index in [0.29, 0.717) is 12.2 Å². The van der Waals surface area contributed by atoms with Gasteiger partial charge >= 0.3 is 0 Å². The number of hydrogen-bond acceptors (Lipinski definition) is 3. The number of hydrogen-bond donors (Lipinski definition) is 1. The van der Waals surface area contributed by atoms with Crippen LogP contribution in [0, 0.1) is 0 Å². The summed E-state index contributed by atoms with van der Waals surface area (Å²) in [5, 5.41) is 0. The van der Waals surface area contributed by atoms with Gasteiger partial charge in [0.1, 0.15) is 11.6 Å². The first-order chi connectivity index (χ1) is 9.10. The van der Waals surface area contributed by atoms with Crippen LogP contribution in [0.25, 0.3) is 0 Å². The van der Waals surface area contributed by atoms with E-state index in [1.165, 1.54) is 5.56 Å². The fourth-order valence-corrected chi connectivity index (χ4v) is 2.70. The van der Waals surface area contributed by atoms with Crippen molar-refractivity contribution in [2.24, 2.45) is 0 Å². The number of rotatable bonds is 4.